The first-order valence-corrected chi connectivity index (χ1v) is 13.7. The lowest BCUT2D eigenvalue weighted by Crippen LogP contribution is -2.14. The second-order valence-electron chi connectivity index (χ2n) is 7.72. The van der Waals surface area contributed by atoms with E-state index in [4.69, 9.17) is 6.57 Å². The summed E-state index contributed by atoms with van der Waals surface area (Å²) in [6.07, 6.45) is 0. The normalized spacial score (nSPS) is 11.7. The monoisotopic (exact) mass is 496 g/mol. The van der Waals surface area contributed by atoms with E-state index in [1.54, 1.807) is 12.1 Å². The van der Waals surface area contributed by atoms with Crippen LogP contribution in [0.25, 0.3) is 48.2 Å². The molecule has 34 heavy (non-hydrogen) atoms. The highest BCUT2D eigenvalue weighted by molar-refractivity contribution is 7.90. The number of thiophene rings is 2. The molecule has 7 heteroatoms. The van der Waals surface area contributed by atoms with Gasteiger partial charge in [-0.15, -0.1) is 11.3 Å². The number of nitrogens with zero attached hydrogens (tertiary/aromatic N) is 2. The second-order valence-corrected chi connectivity index (χ2v) is 11.3. The summed E-state index contributed by atoms with van der Waals surface area (Å²) in [6, 6.07) is 26.2. The summed E-state index contributed by atoms with van der Waals surface area (Å²) in [4.78, 5) is 4.81. The maximum atomic E-state index is 14.4. The van der Waals surface area contributed by atoms with Crippen molar-refractivity contribution in [2.75, 3.05) is 0 Å². The molecule has 3 aromatic heterocycles. The van der Waals surface area contributed by atoms with Gasteiger partial charge in [-0.1, -0.05) is 66.7 Å². The molecule has 0 N–H and O–H groups in total. The third-order valence-electron chi connectivity index (χ3n) is 5.87. The standard InChI is InChI=1S/C27H16N2O2S3/c1-28-27-21(15-17-33-27)25-20-11-4-5-12-22(20)29(26(25)23-13-7-16-32-23)34(30,31)24-14-6-9-18-8-2-3-10-19(18)24/h2-17H. The highest BCUT2D eigenvalue weighted by Gasteiger charge is 2.30. The predicted molar refractivity (Wildman–Crippen MR) is 141 cm³/mol. The summed E-state index contributed by atoms with van der Waals surface area (Å²) in [5.74, 6) is 0. The number of hydrogen-bond acceptors (Lipinski definition) is 4. The summed E-state index contributed by atoms with van der Waals surface area (Å²) < 4.78 is 30.3. The molecule has 4 nitrogen and oxygen atoms in total. The minimum absolute atomic E-state index is 0.256. The number of rotatable bonds is 4. The van der Waals surface area contributed by atoms with E-state index in [1.165, 1.54) is 26.6 Å². The van der Waals surface area contributed by atoms with Gasteiger partial charge < -0.3 is 0 Å². The zero-order valence-electron chi connectivity index (χ0n) is 17.7. The summed E-state index contributed by atoms with van der Waals surface area (Å²) in [7, 11) is -3.99. The summed E-state index contributed by atoms with van der Waals surface area (Å²) >= 11 is 2.85. The first-order chi connectivity index (χ1) is 16.6. The molecular weight excluding hydrogens is 481 g/mol. The average molecular weight is 497 g/mol. The molecule has 164 valence electrons. The Hall–Kier alpha value is -3.70. The smallest absolute Gasteiger partial charge is 0.232 e. The van der Waals surface area contributed by atoms with Crippen molar-refractivity contribution in [3.8, 4) is 21.7 Å². The van der Waals surface area contributed by atoms with Gasteiger partial charge in [0, 0.05) is 21.9 Å². The highest BCUT2D eigenvalue weighted by Crippen LogP contribution is 2.48. The fourth-order valence-electron chi connectivity index (χ4n) is 4.47. The summed E-state index contributed by atoms with van der Waals surface area (Å²) in [5, 5.41) is 6.72. The molecule has 6 aromatic rings. The Morgan fingerprint density at radius 3 is 2.32 bits per heavy atom. The average Bonchev–Trinajstić information content (AvgIpc) is 3.61. The third-order valence-corrected chi connectivity index (χ3v) is 9.33. The van der Waals surface area contributed by atoms with Crippen molar-refractivity contribution in [3.63, 3.8) is 0 Å². The molecule has 0 fully saturated rings. The van der Waals surface area contributed by atoms with Crippen LogP contribution in [0.5, 0.6) is 0 Å². The van der Waals surface area contributed by atoms with Crippen LogP contribution in [-0.4, -0.2) is 12.4 Å². The topological polar surface area (TPSA) is 43.4 Å². The summed E-state index contributed by atoms with van der Waals surface area (Å²) in [6.45, 7) is 7.67. The van der Waals surface area contributed by atoms with Crippen LogP contribution in [0.15, 0.2) is 101 Å². The minimum atomic E-state index is -3.99. The van der Waals surface area contributed by atoms with Crippen molar-refractivity contribution in [1.29, 1.82) is 0 Å². The van der Waals surface area contributed by atoms with Crippen LogP contribution in [-0.2, 0) is 10.0 Å². The number of aromatic nitrogens is 1. The Kier molecular flexibility index (Phi) is 4.89. The maximum Gasteiger partial charge on any atom is 0.269 e. The van der Waals surface area contributed by atoms with Gasteiger partial charge in [0.1, 0.15) is 0 Å². The zero-order valence-corrected chi connectivity index (χ0v) is 20.1. The molecule has 0 bridgehead atoms. The zero-order chi connectivity index (χ0) is 23.3. The number of hydrogen-bond donors (Lipinski definition) is 0. The van der Waals surface area contributed by atoms with E-state index in [0.717, 1.165) is 26.8 Å². The quantitative estimate of drug-likeness (QED) is 0.232. The molecule has 0 aliphatic heterocycles. The molecule has 0 spiro atoms. The molecular formula is C27H16N2O2S3. The van der Waals surface area contributed by atoms with Crippen molar-refractivity contribution < 1.29 is 8.42 Å². The highest BCUT2D eigenvalue weighted by atomic mass is 32.2. The predicted octanol–water partition coefficient (Wildman–Crippen LogP) is 8.04. The van der Waals surface area contributed by atoms with Gasteiger partial charge in [0.15, 0.2) is 0 Å². The number of benzene rings is 3. The molecule has 0 saturated heterocycles. The molecule has 3 aromatic carbocycles. The van der Waals surface area contributed by atoms with Crippen molar-refractivity contribution >= 4 is 59.4 Å². The van der Waals surface area contributed by atoms with Crippen molar-refractivity contribution in [3.05, 3.63) is 107 Å². The van der Waals surface area contributed by atoms with Gasteiger partial charge >= 0.3 is 0 Å². The lowest BCUT2D eigenvalue weighted by Gasteiger charge is -2.14. The Morgan fingerprint density at radius 1 is 0.765 bits per heavy atom. The SMILES string of the molecule is [C-]#[N+]c1sccc1-c1c(-c2cccs2)n(S(=O)(=O)c2cccc3ccccc23)c2ccccc12. The largest absolute Gasteiger partial charge is 0.269 e. The first kappa shape index (κ1) is 20.9. The number of para-hydroxylation sites is 1. The second kappa shape index (κ2) is 7.96. The van der Waals surface area contributed by atoms with Gasteiger partial charge in [-0.05, 0) is 34.3 Å². The van der Waals surface area contributed by atoms with Crippen LogP contribution in [0.2, 0.25) is 0 Å². The van der Waals surface area contributed by atoms with Crippen LogP contribution in [0.3, 0.4) is 0 Å². The van der Waals surface area contributed by atoms with Crippen molar-refractivity contribution in [2.45, 2.75) is 4.90 Å². The van der Waals surface area contributed by atoms with Crippen LogP contribution < -0.4 is 0 Å². The molecule has 0 radical (unpaired) electrons. The van der Waals surface area contributed by atoms with Crippen LogP contribution in [0, 0.1) is 6.57 Å². The molecule has 0 atom stereocenters. The van der Waals surface area contributed by atoms with Gasteiger partial charge in [0.05, 0.1) is 27.6 Å². The van der Waals surface area contributed by atoms with Crippen molar-refractivity contribution in [1.82, 2.24) is 3.97 Å². The van der Waals surface area contributed by atoms with E-state index in [-0.39, 0.29) is 4.90 Å². The third kappa shape index (κ3) is 3.04. The first-order valence-electron chi connectivity index (χ1n) is 10.5. The van der Waals surface area contributed by atoms with Crippen LogP contribution in [0.4, 0.5) is 5.00 Å². The molecule has 0 aliphatic carbocycles. The van der Waals surface area contributed by atoms with Gasteiger partial charge in [0.25, 0.3) is 10.0 Å². The van der Waals surface area contributed by atoms with Gasteiger partial charge in [-0.25, -0.2) is 17.2 Å². The summed E-state index contributed by atoms with van der Waals surface area (Å²) in [5.41, 5.74) is 2.71. The van der Waals surface area contributed by atoms with E-state index in [0.29, 0.717) is 21.6 Å². The fraction of sp³-hybridized carbons (Fsp3) is 0. The molecule has 0 saturated carbocycles. The number of fused-ring (bicyclic) bond motifs is 2. The minimum Gasteiger partial charge on any atom is -0.232 e. The Balaban J connectivity index is 1.80. The fourth-order valence-corrected chi connectivity index (χ4v) is 7.73. The molecule has 3 heterocycles. The van der Waals surface area contributed by atoms with Gasteiger partial charge in [0.2, 0.25) is 5.00 Å². The Labute approximate surface area is 204 Å². The molecule has 0 unspecified atom stereocenters. The van der Waals surface area contributed by atoms with Gasteiger partial charge in [-0.2, -0.15) is 11.3 Å². The van der Waals surface area contributed by atoms with Crippen molar-refractivity contribution in [2.24, 2.45) is 0 Å². The molecule has 0 amide bonds. The van der Waals surface area contributed by atoms with E-state index in [9.17, 15) is 8.42 Å². The Bertz CT molecular complexity index is 1830. The van der Waals surface area contributed by atoms with E-state index in [1.807, 2.05) is 83.6 Å². The molecule has 6 rings (SSSR count). The molecule has 0 aliphatic rings. The van der Waals surface area contributed by atoms with Crippen LogP contribution >= 0.6 is 22.7 Å². The lowest BCUT2D eigenvalue weighted by molar-refractivity contribution is 0.590. The van der Waals surface area contributed by atoms with E-state index < -0.39 is 10.0 Å². The van der Waals surface area contributed by atoms with E-state index >= 15 is 0 Å². The maximum absolute atomic E-state index is 14.4. The lowest BCUT2D eigenvalue weighted by atomic mass is 10.0. The van der Waals surface area contributed by atoms with Crippen LogP contribution in [0.1, 0.15) is 0 Å². The van der Waals surface area contributed by atoms with E-state index in [2.05, 4.69) is 4.85 Å². The van der Waals surface area contributed by atoms with Gasteiger partial charge in [-0.3, -0.25) is 0 Å². The Morgan fingerprint density at radius 2 is 1.53 bits per heavy atom.